The molecule has 244 valence electrons. The number of carbonyl (C=O) groups is 2. The first kappa shape index (κ1) is 32.8. The molecule has 13 nitrogen and oxygen atoms in total. The highest BCUT2D eigenvalue weighted by Gasteiger charge is 2.48. The van der Waals surface area contributed by atoms with Gasteiger partial charge in [-0.05, 0) is 38.8 Å². The molecule has 0 saturated carbocycles. The molecule has 3 aromatic rings. The predicted molar refractivity (Wildman–Crippen MR) is 161 cm³/mol. The second kappa shape index (κ2) is 13.0. The van der Waals surface area contributed by atoms with E-state index in [0.717, 1.165) is 16.2 Å². The van der Waals surface area contributed by atoms with Gasteiger partial charge in [-0.1, -0.05) is 17.4 Å². The largest absolute Gasteiger partial charge is 0.453 e. The fourth-order valence-corrected chi connectivity index (χ4v) is 8.59. The number of anilines is 2. The van der Waals surface area contributed by atoms with E-state index >= 15 is 0 Å². The number of aromatic nitrogens is 3. The Kier molecular flexibility index (Phi) is 9.48. The van der Waals surface area contributed by atoms with Crippen LogP contribution in [0.2, 0.25) is 0 Å². The third-order valence-corrected chi connectivity index (χ3v) is 11.3. The van der Waals surface area contributed by atoms with E-state index < -0.39 is 34.2 Å². The van der Waals surface area contributed by atoms with Crippen LogP contribution in [0.4, 0.5) is 28.9 Å². The smallest absolute Gasteiger partial charge is 0.413 e. The summed E-state index contributed by atoms with van der Waals surface area (Å²) < 4.78 is 73.3. The third kappa shape index (κ3) is 6.97. The maximum absolute atomic E-state index is 13.5. The fraction of sp³-hybridized carbons (Fsp3) is 0.519. The number of para-hydroxylation sites is 1. The number of nitrogens with one attached hydrogen (secondary N) is 2. The summed E-state index contributed by atoms with van der Waals surface area (Å²) in [5.41, 5.74) is 0.639. The quantitative estimate of drug-likeness (QED) is 0.364. The van der Waals surface area contributed by atoms with E-state index in [1.54, 1.807) is 19.1 Å². The van der Waals surface area contributed by atoms with Gasteiger partial charge < -0.3 is 15.0 Å². The molecule has 1 unspecified atom stereocenters. The van der Waals surface area contributed by atoms with Crippen molar-refractivity contribution in [3.8, 4) is 0 Å². The number of nitrogens with zero attached hydrogens (tertiary/aromatic N) is 6. The molecule has 45 heavy (non-hydrogen) atoms. The number of carbonyl (C=O) groups excluding carboxylic acids is 2. The van der Waals surface area contributed by atoms with Crippen molar-refractivity contribution in [2.45, 2.75) is 49.2 Å². The second-order valence-corrected chi connectivity index (χ2v) is 14.0. The Morgan fingerprint density at radius 3 is 2.58 bits per heavy atom. The first-order chi connectivity index (χ1) is 21.3. The molecular formula is C27H33F3N8O5S2. The van der Waals surface area contributed by atoms with E-state index in [-0.39, 0.29) is 64.6 Å². The number of fused-ring (bicyclic) bond motifs is 1. The van der Waals surface area contributed by atoms with E-state index in [2.05, 4.69) is 35.2 Å². The second-order valence-electron chi connectivity index (χ2n) is 10.9. The van der Waals surface area contributed by atoms with Crippen LogP contribution in [0, 0.1) is 6.92 Å². The minimum absolute atomic E-state index is 0.0264. The first-order valence-corrected chi connectivity index (χ1v) is 16.5. The number of hydrogen-bond acceptors (Lipinski definition) is 11. The molecule has 18 heteroatoms. The fourth-order valence-electron chi connectivity index (χ4n) is 5.63. The number of methoxy groups -OCH3 is 1. The van der Waals surface area contributed by atoms with Gasteiger partial charge in [0.25, 0.3) is 15.9 Å². The number of halogens is 3. The summed E-state index contributed by atoms with van der Waals surface area (Å²) in [6.45, 7) is 5.51. The van der Waals surface area contributed by atoms with Crippen molar-refractivity contribution in [2.75, 3.05) is 57.0 Å². The Morgan fingerprint density at radius 2 is 1.89 bits per heavy atom. The van der Waals surface area contributed by atoms with Crippen LogP contribution in [0.1, 0.15) is 35.8 Å². The number of benzene rings is 1. The van der Waals surface area contributed by atoms with E-state index in [1.807, 2.05) is 6.92 Å². The Labute approximate surface area is 261 Å². The number of hydrogen-bond donors (Lipinski definition) is 2. The number of rotatable bonds is 8. The molecule has 0 bridgehead atoms. The lowest BCUT2D eigenvalue weighted by Crippen LogP contribution is -2.50. The van der Waals surface area contributed by atoms with E-state index in [9.17, 15) is 31.2 Å². The standard InChI is InChI=1S/C27H33F3N8O5S2/c1-16(14-36-10-12-37(13-11-36)45(41,42)24-17(2)34-25(44-24)35-26(40)43-3)33-22-18-6-4-7-19(21(18)31-15-32-22)23(39)38-9-5-8-20(38)27(28,29)30/h4,6-7,15-16,20H,5,8-14H2,1-3H3,(H,31,32,33)(H,34,35,40)/t16-,20?/m0/s1. The molecule has 2 amide bonds. The van der Waals surface area contributed by atoms with Gasteiger partial charge in [-0.25, -0.2) is 28.2 Å². The van der Waals surface area contributed by atoms with Crippen LogP contribution in [0.25, 0.3) is 10.9 Å². The summed E-state index contributed by atoms with van der Waals surface area (Å²) in [5, 5.41) is 6.35. The summed E-state index contributed by atoms with van der Waals surface area (Å²) in [6.07, 6.45) is -3.82. The zero-order valence-corrected chi connectivity index (χ0v) is 26.4. The van der Waals surface area contributed by atoms with Gasteiger partial charge in [0.15, 0.2) is 9.34 Å². The van der Waals surface area contributed by atoms with Crippen molar-refractivity contribution in [2.24, 2.45) is 0 Å². The lowest BCUT2D eigenvalue weighted by molar-refractivity contribution is -0.169. The molecule has 0 spiro atoms. The average molecular weight is 671 g/mol. The minimum Gasteiger partial charge on any atom is -0.453 e. The maximum atomic E-state index is 13.5. The van der Waals surface area contributed by atoms with Gasteiger partial charge >= 0.3 is 12.3 Å². The van der Waals surface area contributed by atoms with Crippen molar-refractivity contribution < 1.29 is 35.9 Å². The van der Waals surface area contributed by atoms with Crippen LogP contribution in [0.5, 0.6) is 0 Å². The van der Waals surface area contributed by atoms with Gasteiger partial charge in [-0.15, -0.1) is 0 Å². The van der Waals surface area contributed by atoms with Crippen molar-refractivity contribution in [3.63, 3.8) is 0 Å². The molecule has 5 rings (SSSR count). The SMILES string of the molecule is COC(=O)Nc1nc(C)c(S(=O)(=O)N2CCN(C[C@H](C)Nc3ncnc4c(C(=O)N5CCCC5C(F)(F)F)cccc34)CC2)s1. The number of amides is 2. The Hall–Kier alpha value is -3.61. The third-order valence-electron chi connectivity index (χ3n) is 7.76. The molecule has 2 aliphatic heterocycles. The van der Waals surface area contributed by atoms with E-state index in [4.69, 9.17) is 0 Å². The Bertz CT molecular complexity index is 1680. The van der Waals surface area contributed by atoms with Crippen LogP contribution >= 0.6 is 11.3 Å². The molecule has 0 radical (unpaired) electrons. The van der Waals surface area contributed by atoms with Gasteiger partial charge in [0.1, 0.15) is 18.2 Å². The molecule has 4 heterocycles. The van der Waals surface area contributed by atoms with Crippen LogP contribution in [0.15, 0.2) is 28.7 Å². The number of aryl methyl sites for hydroxylation is 1. The summed E-state index contributed by atoms with van der Waals surface area (Å²) in [4.78, 5) is 40.4. The van der Waals surface area contributed by atoms with E-state index in [1.165, 1.54) is 23.8 Å². The predicted octanol–water partition coefficient (Wildman–Crippen LogP) is 3.55. The zero-order chi connectivity index (χ0) is 32.5. The topological polar surface area (TPSA) is 150 Å². The zero-order valence-electron chi connectivity index (χ0n) is 24.8. The van der Waals surface area contributed by atoms with Gasteiger partial charge in [-0.3, -0.25) is 15.0 Å². The molecule has 2 aromatic heterocycles. The first-order valence-electron chi connectivity index (χ1n) is 14.2. The average Bonchev–Trinajstić information content (AvgIpc) is 3.64. The summed E-state index contributed by atoms with van der Waals surface area (Å²) in [6, 6.07) is 2.82. The number of thiazole rings is 1. The molecule has 2 aliphatic rings. The maximum Gasteiger partial charge on any atom is 0.413 e. The normalized spacial score (nSPS) is 19.1. The number of alkyl halides is 3. The molecule has 2 N–H and O–H groups in total. The van der Waals surface area contributed by atoms with Crippen LogP contribution in [-0.2, 0) is 14.8 Å². The van der Waals surface area contributed by atoms with Crippen molar-refractivity contribution in [3.05, 3.63) is 35.8 Å². The summed E-state index contributed by atoms with van der Waals surface area (Å²) in [5.74, 6) is -0.274. The highest BCUT2D eigenvalue weighted by Crippen LogP contribution is 2.35. The molecule has 0 aliphatic carbocycles. The lowest BCUT2D eigenvalue weighted by Gasteiger charge is -2.35. The van der Waals surface area contributed by atoms with Crippen LogP contribution in [-0.4, -0.2) is 114 Å². The van der Waals surface area contributed by atoms with Crippen LogP contribution < -0.4 is 10.6 Å². The molecule has 1 aromatic carbocycles. The Morgan fingerprint density at radius 1 is 1.16 bits per heavy atom. The van der Waals surface area contributed by atoms with Crippen molar-refractivity contribution in [1.29, 1.82) is 0 Å². The number of likely N-dealkylation sites (tertiary alicyclic amines) is 1. The summed E-state index contributed by atoms with van der Waals surface area (Å²) in [7, 11) is -2.62. The van der Waals surface area contributed by atoms with Gasteiger partial charge in [0, 0.05) is 50.7 Å². The monoisotopic (exact) mass is 670 g/mol. The number of piperazine rings is 1. The molecule has 2 fully saturated rings. The van der Waals surface area contributed by atoms with Crippen LogP contribution in [0.3, 0.4) is 0 Å². The minimum atomic E-state index is -4.50. The van der Waals surface area contributed by atoms with Crippen molar-refractivity contribution in [1.82, 2.24) is 29.1 Å². The molecule has 2 saturated heterocycles. The van der Waals surface area contributed by atoms with Crippen molar-refractivity contribution >= 4 is 55.2 Å². The molecular weight excluding hydrogens is 637 g/mol. The number of ether oxygens (including phenoxy) is 1. The molecule has 2 atom stereocenters. The highest BCUT2D eigenvalue weighted by atomic mass is 32.2. The Balaban J connectivity index is 1.22. The summed E-state index contributed by atoms with van der Waals surface area (Å²) >= 11 is 0.866. The number of sulfonamides is 1. The van der Waals surface area contributed by atoms with Gasteiger partial charge in [0.2, 0.25) is 0 Å². The highest BCUT2D eigenvalue weighted by molar-refractivity contribution is 7.91. The van der Waals surface area contributed by atoms with Gasteiger partial charge in [0.05, 0.1) is 23.9 Å². The lowest BCUT2D eigenvalue weighted by atomic mass is 10.1. The van der Waals surface area contributed by atoms with Gasteiger partial charge in [-0.2, -0.15) is 17.5 Å². The van der Waals surface area contributed by atoms with E-state index in [0.29, 0.717) is 30.8 Å².